The summed E-state index contributed by atoms with van der Waals surface area (Å²) in [5.41, 5.74) is 1.06. The van der Waals surface area contributed by atoms with Crippen molar-refractivity contribution in [1.29, 1.82) is 0 Å². The molecule has 0 heterocycles. The number of fused-ring (bicyclic) bond motifs is 1. The number of carboxylic acids is 1. The van der Waals surface area contributed by atoms with Gasteiger partial charge in [0.05, 0.1) is 12.0 Å². The summed E-state index contributed by atoms with van der Waals surface area (Å²) < 4.78 is 36.7. The number of carboxylic acid groups (broad SMARTS) is 1. The highest BCUT2D eigenvalue weighted by Gasteiger charge is 2.44. The first-order chi connectivity index (χ1) is 8.80. The first kappa shape index (κ1) is 13.4. The third kappa shape index (κ3) is 2.54. The molecule has 1 aromatic carbocycles. The van der Waals surface area contributed by atoms with Crippen LogP contribution in [0.3, 0.4) is 0 Å². The number of carbonyl (C=O) groups excluding carboxylic acids is 1. The topological polar surface area (TPSA) is 66.4 Å². The fourth-order valence-electron chi connectivity index (χ4n) is 2.23. The van der Waals surface area contributed by atoms with Crippen LogP contribution in [-0.2, 0) is 16.0 Å². The molecule has 0 fully saturated rings. The molecule has 4 nitrogen and oxygen atoms in total. The van der Waals surface area contributed by atoms with Crippen molar-refractivity contribution in [3.63, 3.8) is 0 Å². The molecule has 0 aromatic heterocycles. The number of carbonyl (C=O) groups is 2. The van der Waals surface area contributed by atoms with Gasteiger partial charge < -0.3 is 10.4 Å². The van der Waals surface area contributed by atoms with Crippen molar-refractivity contribution >= 4 is 11.9 Å². The molecular formula is C12H10F3NO3. The molecule has 0 saturated carbocycles. The molecule has 19 heavy (non-hydrogen) atoms. The number of hydrogen-bond acceptors (Lipinski definition) is 2. The predicted octanol–water partition coefficient (Wildman–Crippen LogP) is 1.66. The average molecular weight is 273 g/mol. The van der Waals surface area contributed by atoms with Crippen LogP contribution in [-0.4, -0.2) is 23.2 Å². The van der Waals surface area contributed by atoms with Crippen LogP contribution in [0.15, 0.2) is 24.3 Å². The van der Waals surface area contributed by atoms with Crippen LogP contribution < -0.4 is 5.32 Å². The Kier molecular flexibility index (Phi) is 3.21. The maximum absolute atomic E-state index is 12.2. The van der Waals surface area contributed by atoms with E-state index in [0.29, 0.717) is 11.1 Å². The van der Waals surface area contributed by atoms with Gasteiger partial charge in [-0.1, -0.05) is 24.3 Å². The highest BCUT2D eigenvalue weighted by molar-refractivity contribution is 5.83. The van der Waals surface area contributed by atoms with Gasteiger partial charge in [0, 0.05) is 0 Å². The quantitative estimate of drug-likeness (QED) is 0.861. The van der Waals surface area contributed by atoms with Crippen molar-refractivity contribution in [3.8, 4) is 0 Å². The highest BCUT2D eigenvalue weighted by atomic mass is 19.4. The SMILES string of the molecule is O=C(O)[C@@H]1Cc2ccccc2[C@@H]1NC(=O)C(F)(F)F. The largest absolute Gasteiger partial charge is 0.481 e. The lowest BCUT2D eigenvalue weighted by molar-refractivity contribution is -0.175. The van der Waals surface area contributed by atoms with Crippen molar-refractivity contribution in [2.45, 2.75) is 18.6 Å². The molecule has 1 aromatic rings. The van der Waals surface area contributed by atoms with E-state index in [1.807, 2.05) is 0 Å². The molecule has 2 rings (SSSR count). The van der Waals surface area contributed by atoms with Gasteiger partial charge in [-0.25, -0.2) is 0 Å². The summed E-state index contributed by atoms with van der Waals surface area (Å²) in [5, 5.41) is 10.8. The zero-order valence-corrected chi connectivity index (χ0v) is 9.57. The van der Waals surface area contributed by atoms with Gasteiger partial charge in [-0.3, -0.25) is 9.59 Å². The molecule has 2 atom stereocenters. The van der Waals surface area contributed by atoms with Gasteiger partial charge in [0.15, 0.2) is 0 Å². The first-order valence-electron chi connectivity index (χ1n) is 5.49. The van der Waals surface area contributed by atoms with Crippen molar-refractivity contribution < 1.29 is 27.9 Å². The van der Waals surface area contributed by atoms with Gasteiger partial charge in [-0.15, -0.1) is 0 Å². The Morgan fingerprint density at radius 3 is 2.47 bits per heavy atom. The summed E-state index contributed by atoms with van der Waals surface area (Å²) in [6.45, 7) is 0. The standard InChI is InChI=1S/C12H10F3NO3/c13-12(14,15)11(19)16-9-7-4-2-1-3-6(7)5-8(9)10(17)18/h1-4,8-9H,5H2,(H,16,19)(H,17,18)/t8-,9+/m1/s1. The summed E-state index contributed by atoms with van der Waals surface area (Å²) in [6, 6.07) is 5.29. The van der Waals surface area contributed by atoms with Gasteiger partial charge in [-0.2, -0.15) is 13.2 Å². The van der Waals surface area contributed by atoms with Gasteiger partial charge >= 0.3 is 18.1 Å². The van der Waals surface area contributed by atoms with Crippen LogP contribution in [0.5, 0.6) is 0 Å². The molecule has 0 saturated heterocycles. The first-order valence-corrected chi connectivity index (χ1v) is 5.49. The molecule has 102 valence electrons. The lowest BCUT2D eigenvalue weighted by atomic mass is 10.0. The summed E-state index contributed by atoms with van der Waals surface area (Å²) >= 11 is 0. The van der Waals surface area contributed by atoms with E-state index in [1.54, 1.807) is 23.5 Å². The Hall–Kier alpha value is -2.05. The van der Waals surface area contributed by atoms with E-state index in [1.165, 1.54) is 6.07 Å². The number of hydrogen-bond donors (Lipinski definition) is 2. The minimum Gasteiger partial charge on any atom is -0.481 e. The average Bonchev–Trinajstić information content (AvgIpc) is 2.67. The number of rotatable bonds is 2. The zero-order chi connectivity index (χ0) is 14.2. The number of amides is 1. The maximum atomic E-state index is 12.2. The number of nitrogens with one attached hydrogen (secondary N) is 1. The number of aliphatic carboxylic acids is 1. The van der Waals surface area contributed by atoms with Crippen molar-refractivity contribution in [2.24, 2.45) is 5.92 Å². The van der Waals surface area contributed by atoms with E-state index in [9.17, 15) is 22.8 Å². The summed E-state index contributed by atoms with van der Waals surface area (Å²) in [7, 11) is 0. The van der Waals surface area contributed by atoms with Gasteiger partial charge in [-0.05, 0) is 17.5 Å². The predicted molar refractivity (Wildman–Crippen MR) is 58.2 cm³/mol. The molecule has 1 amide bonds. The van der Waals surface area contributed by atoms with Crippen molar-refractivity contribution in [1.82, 2.24) is 5.32 Å². The molecular weight excluding hydrogens is 263 g/mol. The normalized spacial score (nSPS) is 21.8. The lowest BCUT2D eigenvalue weighted by Gasteiger charge is -2.19. The molecule has 0 unspecified atom stereocenters. The third-order valence-electron chi connectivity index (χ3n) is 3.09. The molecule has 0 radical (unpaired) electrons. The molecule has 7 heteroatoms. The molecule has 0 aliphatic heterocycles. The minimum absolute atomic E-state index is 0.105. The molecule has 0 spiro atoms. The highest BCUT2D eigenvalue weighted by Crippen LogP contribution is 2.36. The van der Waals surface area contributed by atoms with E-state index in [2.05, 4.69) is 0 Å². The fourth-order valence-corrected chi connectivity index (χ4v) is 2.23. The Morgan fingerprint density at radius 2 is 1.89 bits per heavy atom. The Labute approximate surface area is 106 Å². The summed E-state index contributed by atoms with van der Waals surface area (Å²) in [4.78, 5) is 22.0. The van der Waals surface area contributed by atoms with E-state index >= 15 is 0 Å². The smallest absolute Gasteiger partial charge is 0.471 e. The number of alkyl halides is 3. The number of halogens is 3. The lowest BCUT2D eigenvalue weighted by Crippen LogP contribution is -2.42. The second-order valence-electron chi connectivity index (χ2n) is 4.30. The molecule has 1 aliphatic carbocycles. The van der Waals surface area contributed by atoms with Crippen LogP contribution >= 0.6 is 0 Å². The van der Waals surface area contributed by atoms with E-state index in [4.69, 9.17) is 5.11 Å². The minimum atomic E-state index is -5.03. The van der Waals surface area contributed by atoms with Gasteiger partial charge in [0.25, 0.3) is 0 Å². The van der Waals surface area contributed by atoms with Gasteiger partial charge in [0.2, 0.25) is 0 Å². The number of benzene rings is 1. The molecule has 2 N–H and O–H groups in total. The molecule has 1 aliphatic rings. The Balaban J connectivity index is 2.30. The van der Waals surface area contributed by atoms with E-state index < -0.39 is 30.0 Å². The summed E-state index contributed by atoms with van der Waals surface area (Å²) in [6.07, 6.45) is -4.92. The van der Waals surface area contributed by atoms with Crippen molar-refractivity contribution in [2.75, 3.05) is 0 Å². The fraction of sp³-hybridized carbons (Fsp3) is 0.333. The summed E-state index contributed by atoms with van der Waals surface area (Å²) in [5.74, 6) is -4.44. The Morgan fingerprint density at radius 1 is 1.26 bits per heavy atom. The van der Waals surface area contributed by atoms with Crippen LogP contribution in [0, 0.1) is 5.92 Å². The van der Waals surface area contributed by atoms with Crippen LogP contribution in [0.25, 0.3) is 0 Å². The monoisotopic (exact) mass is 273 g/mol. The van der Waals surface area contributed by atoms with Gasteiger partial charge in [0.1, 0.15) is 0 Å². The van der Waals surface area contributed by atoms with E-state index in [-0.39, 0.29) is 6.42 Å². The zero-order valence-electron chi connectivity index (χ0n) is 9.57. The van der Waals surface area contributed by atoms with Crippen LogP contribution in [0.1, 0.15) is 17.2 Å². The second kappa shape index (κ2) is 4.56. The van der Waals surface area contributed by atoms with Crippen LogP contribution in [0.2, 0.25) is 0 Å². The van der Waals surface area contributed by atoms with Crippen LogP contribution in [0.4, 0.5) is 13.2 Å². The van der Waals surface area contributed by atoms with Crippen molar-refractivity contribution in [3.05, 3.63) is 35.4 Å². The second-order valence-corrected chi connectivity index (χ2v) is 4.30. The Bertz CT molecular complexity index is 527. The van der Waals surface area contributed by atoms with E-state index in [0.717, 1.165) is 0 Å². The molecule has 0 bridgehead atoms. The third-order valence-corrected chi connectivity index (χ3v) is 3.09. The maximum Gasteiger partial charge on any atom is 0.471 e.